The second kappa shape index (κ2) is 10.8. The van der Waals surface area contributed by atoms with Gasteiger partial charge in [0.25, 0.3) is 15.9 Å². The molecular weight excluding hydrogens is 569 g/mol. The zero-order valence-electron chi connectivity index (χ0n) is 21.4. The number of rotatable bonds is 5. The zero-order valence-corrected chi connectivity index (χ0v) is 23.8. The fraction of sp³-hybridized carbons (Fsp3) is 0.286. The molecule has 0 saturated carbocycles. The molecule has 1 N–H and O–H groups in total. The van der Waals surface area contributed by atoms with Crippen LogP contribution in [0.1, 0.15) is 33.6 Å². The standard InChI is InChI=1S/C28H26N4O5S3/c33-22-17-31(40(36,37)26-9-3-4-11-29-26)12-5-8-20(22)30-27(34)21-14-18-6-1-2-7-19(18)16-32(21)28(35)25-15-24-23(39-25)10-13-38-24/h1-4,6-7,9-11,13,15,20-21H,5,8,12,14,16-17H2,(H,30,34). The number of thiophene rings is 2. The Hall–Kier alpha value is -3.45. The van der Waals surface area contributed by atoms with Crippen molar-refractivity contribution in [2.75, 3.05) is 13.1 Å². The molecule has 0 spiro atoms. The van der Waals surface area contributed by atoms with E-state index >= 15 is 0 Å². The quantitative estimate of drug-likeness (QED) is 0.378. The van der Waals surface area contributed by atoms with Crippen molar-refractivity contribution >= 4 is 59.7 Å². The number of hydrogen-bond acceptors (Lipinski definition) is 8. The van der Waals surface area contributed by atoms with Gasteiger partial charge in [0.15, 0.2) is 10.8 Å². The third-order valence-corrected chi connectivity index (χ3v) is 11.2. The van der Waals surface area contributed by atoms with Crippen LogP contribution in [0.3, 0.4) is 0 Å². The Balaban J connectivity index is 1.22. The van der Waals surface area contributed by atoms with E-state index in [-0.39, 0.29) is 30.6 Å². The lowest BCUT2D eigenvalue weighted by atomic mass is 9.93. The molecule has 5 heterocycles. The summed E-state index contributed by atoms with van der Waals surface area (Å²) in [5, 5.41) is 4.73. The van der Waals surface area contributed by atoms with Gasteiger partial charge in [-0.05, 0) is 53.6 Å². The topological polar surface area (TPSA) is 117 Å². The lowest BCUT2D eigenvalue weighted by Gasteiger charge is -2.36. The van der Waals surface area contributed by atoms with Crippen LogP contribution in [-0.2, 0) is 32.6 Å². The van der Waals surface area contributed by atoms with Crippen LogP contribution in [0, 0.1) is 0 Å². The molecule has 2 aliphatic heterocycles. The van der Waals surface area contributed by atoms with Crippen molar-refractivity contribution in [2.24, 2.45) is 0 Å². The molecule has 40 heavy (non-hydrogen) atoms. The van der Waals surface area contributed by atoms with E-state index in [0.29, 0.717) is 24.1 Å². The van der Waals surface area contributed by atoms with Gasteiger partial charge < -0.3 is 10.2 Å². The molecule has 3 aromatic heterocycles. The third-order valence-electron chi connectivity index (χ3n) is 7.34. The van der Waals surface area contributed by atoms with E-state index in [4.69, 9.17) is 0 Å². The fourth-order valence-corrected chi connectivity index (χ4v) is 8.68. The summed E-state index contributed by atoms with van der Waals surface area (Å²) in [6.07, 6.45) is 2.42. The fourth-order valence-electron chi connectivity index (χ4n) is 5.24. The Morgan fingerprint density at radius 3 is 2.58 bits per heavy atom. The number of sulfonamides is 1. The molecule has 4 aromatic rings. The Labute approximate surface area is 239 Å². The molecule has 1 aromatic carbocycles. The van der Waals surface area contributed by atoms with E-state index in [1.54, 1.807) is 28.4 Å². The summed E-state index contributed by atoms with van der Waals surface area (Å²) >= 11 is 2.97. The molecular formula is C28H26N4O5S3. The van der Waals surface area contributed by atoms with Crippen LogP contribution in [0.5, 0.6) is 0 Å². The summed E-state index contributed by atoms with van der Waals surface area (Å²) in [4.78, 5) is 46.7. The van der Waals surface area contributed by atoms with Gasteiger partial charge in [-0.2, -0.15) is 4.31 Å². The highest BCUT2D eigenvalue weighted by atomic mass is 32.2. The maximum absolute atomic E-state index is 13.7. The minimum atomic E-state index is -3.94. The van der Waals surface area contributed by atoms with Crippen molar-refractivity contribution in [3.05, 3.63) is 82.2 Å². The molecule has 2 atom stereocenters. The van der Waals surface area contributed by atoms with Gasteiger partial charge in [0.05, 0.1) is 17.5 Å². The zero-order chi connectivity index (χ0) is 27.9. The molecule has 0 aliphatic carbocycles. The predicted octanol–water partition coefficient (Wildman–Crippen LogP) is 3.46. The molecule has 0 bridgehead atoms. The Morgan fingerprint density at radius 1 is 1.00 bits per heavy atom. The van der Waals surface area contributed by atoms with Crippen LogP contribution in [0.15, 0.2) is 71.2 Å². The largest absolute Gasteiger partial charge is 0.344 e. The average molecular weight is 595 g/mol. The van der Waals surface area contributed by atoms with E-state index in [1.807, 2.05) is 41.8 Å². The Morgan fingerprint density at radius 2 is 1.80 bits per heavy atom. The number of nitrogens with zero attached hydrogens (tertiary/aromatic N) is 3. The molecule has 1 fully saturated rings. The molecule has 12 heteroatoms. The highest BCUT2D eigenvalue weighted by Gasteiger charge is 2.39. The van der Waals surface area contributed by atoms with Crippen molar-refractivity contribution in [3.8, 4) is 0 Å². The first-order valence-electron chi connectivity index (χ1n) is 12.9. The Bertz CT molecular complexity index is 1670. The minimum absolute atomic E-state index is 0.117. The summed E-state index contributed by atoms with van der Waals surface area (Å²) in [5.41, 5.74) is 1.97. The summed E-state index contributed by atoms with van der Waals surface area (Å²) in [5.74, 6) is -1.03. The second-order valence-electron chi connectivity index (χ2n) is 9.86. The van der Waals surface area contributed by atoms with E-state index < -0.39 is 33.8 Å². The molecule has 206 valence electrons. The van der Waals surface area contributed by atoms with Crippen LogP contribution < -0.4 is 5.32 Å². The van der Waals surface area contributed by atoms with E-state index in [9.17, 15) is 22.8 Å². The lowest BCUT2D eigenvalue weighted by molar-refractivity contribution is -0.130. The van der Waals surface area contributed by atoms with E-state index in [2.05, 4.69) is 10.3 Å². The predicted molar refractivity (Wildman–Crippen MR) is 153 cm³/mol. The van der Waals surface area contributed by atoms with Crippen molar-refractivity contribution < 1.29 is 22.8 Å². The second-order valence-corrected chi connectivity index (χ2v) is 13.8. The number of hydrogen-bond donors (Lipinski definition) is 1. The van der Waals surface area contributed by atoms with Crippen LogP contribution in [-0.4, -0.2) is 65.4 Å². The first-order chi connectivity index (χ1) is 19.3. The molecule has 2 amide bonds. The van der Waals surface area contributed by atoms with Crippen LogP contribution >= 0.6 is 22.7 Å². The minimum Gasteiger partial charge on any atom is -0.344 e. The average Bonchev–Trinajstić information content (AvgIpc) is 3.53. The molecule has 0 radical (unpaired) electrons. The van der Waals surface area contributed by atoms with Crippen molar-refractivity contribution in [3.63, 3.8) is 0 Å². The number of aromatic nitrogens is 1. The van der Waals surface area contributed by atoms with Gasteiger partial charge in [-0.1, -0.05) is 30.3 Å². The summed E-state index contributed by atoms with van der Waals surface area (Å²) in [6.45, 7) is 0.0766. The molecule has 2 aliphatic rings. The van der Waals surface area contributed by atoms with Gasteiger partial charge >= 0.3 is 0 Å². The number of nitrogens with one attached hydrogen (secondary N) is 1. The van der Waals surface area contributed by atoms with Gasteiger partial charge in [-0.25, -0.2) is 13.4 Å². The SMILES string of the molecule is O=C1CN(S(=O)(=O)c2ccccn2)CCCC1NC(=O)C1Cc2ccccc2CN1C(=O)c1cc2sccc2s1. The maximum Gasteiger partial charge on any atom is 0.264 e. The first-order valence-corrected chi connectivity index (χ1v) is 16.0. The summed E-state index contributed by atoms with van der Waals surface area (Å²) in [6, 6.07) is 14.5. The van der Waals surface area contributed by atoms with Crippen LogP contribution in [0.4, 0.5) is 0 Å². The number of ketones is 1. The number of carbonyl (C=O) groups is 3. The summed E-state index contributed by atoms with van der Waals surface area (Å²) < 4.78 is 29.3. The number of amides is 2. The third kappa shape index (κ3) is 5.07. The van der Waals surface area contributed by atoms with Gasteiger partial charge in [-0.3, -0.25) is 14.4 Å². The van der Waals surface area contributed by atoms with Gasteiger partial charge in [0.1, 0.15) is 6.04 Å². The maximum atomic E-state index is 13.7. The molecule has 9 nitrogen and oxygen atoms in total. The number of carbonyl (C=O) groups excluding carboxylic acids is 3. The normalized spacial score (nSPS) is 20.2. The van der Waals surface area contributed by atoms with Crippen molar-refractivity contribution in [1.82, 2.24) is 19.5 Å². The van der Waals surface area contributed by atoms with Crippen molar-refractivity contribution in [2.45, 2.75) is 42.9 Å². The molecule has 2 unspecified atom stereocenters. The first kappa shape index (κ1) is 26.8. The molecule has 1 saturated heterocycles. The van der Waals surface area contributed by atoms with Crippen molar-refractivity contribution in [1.29, 1.82) is 0 Å². The monoisotopic (exact) mass is 594 g/mol. The van der Waals surface area contributed by atoms with E-state index in [1.165, 1.54) is 23.6 Å². The Kier molecular flexibility index (Phi) is 7.26. The van der Waals surface area contributed by atoms with Crippen LogP contribution in [0.25, 0.3) is 9.40 Å². The van der Waals surface area contributed by atoms with Crippen LogP contribution in [0.2, 0.25) is 0 Å². The number of Topliss-reactive ketones (excluding diaryl/α,β-unsaturated/α-hetero) is 1. The smallest absolute Gasteiger partial charge is 0.264 e. The number of benzene rings is 1. The van der Waals surface area contributed by atoms with Gasteiger partial charge in [0.2, 0.25) is 5.91 Å². The highest BCUT2D eigenvalue weighted by Crippen LogP contribution is 2.33. The lowest BCUT2D eigenvalue weighted by Crippen LogP contribution is -2.55. The summed E-state index contributed by atoms with van der Waals surface area (Å²) in [7, 11) is -3.94. The number of fused-ring (bicyclic) bond motifs is 2. The number of pyridine rings is 1. The van der Waals surface area contributed by atoms with Gasteiger partial charge in [0, 0.05) is 35.1 Å². The highest BCUT2D eigenvalue weighted by molar-refractivity contribution is 7.89. The van der Waals surface area contributed by atoms with Gasteiger partial charge in [-0.15, -0.1) is 22.7 Å². The molecule has 6 rings (SSSR count). The van der Waals surface area contributed by atoms with E-state index in [0.717, 1.165) is 24.8 Å².